The summed E-state index contributed by atoms with van der Waals surface area (Å²) in [7, 11) is -0.249. The van der Waals surface area contributed by atoms with Gasteiger partial charge in [-0.2, -0.15) is 0 Å². The summed E-state index contributed by atoms with van der Waals surface area (Å²) in [6.07, 6.45) is 8.42. The predicted molar refractivity (Wildman–Crippen MR) is 81.9 cm³/mol. The molecular formula is C14H26BBrO2. The second kappa shape index (κ2) is 6.58. The van der Waals surface area contributed by atoms with E-state index in [9.17, 15) is 0 Å². The molecule has 0 amide bonds. The third kappa shape index (κ3) is 4.11. The average molecular weight is 317 g/mol. The normalized spacial score (nSPS) is 22.6. The summed E-state index contributed by atoms with van der Waals surface area (Å²) in [5, 5.41) is 0. The fraction of sp³-hybridized carbons (Fsp3) is 0.857. The Morgan fingerprint density at radius 1 is 1.06 bits per heavy atom. The summed E-state index contributed by atoms with van der Waals surface area (Å²) in [6.45, 7) is 10.5. The monoisotopic (exact) mass is 316 g/mol. The number of halogens is 1. The Morgan fingerprint density at radius 2 is 1.61 bits per heavy atom. The highest BCUT2D eigenvalue weighted by Gasteiger charge is 2.52. The lowest BCUT2D eigenvalue weighted by Gasteiger charge is -2.32. The van der Waals surface area contributed by atoms with Crippen molar-refractivity contribution in [3.05, 3.63) is 10.5 Å². The zero-order valence-electron chi connectivity index (χ0n) is 12.4. The minimum atomic E-state index is -0.257. The van der Waals surface area contributed by atoms with Gasteiger partial charge in [-0.05, 0) is 40.5 Å². The lowest BCUT2D eigenvalue weighted by molar-refractivity contribution is 0.00578. The van der Waals surface area contributed by atoms with E-state index >= 15 is 0 Å². The van der Waals surface area contributed by atoms with E-state index in [0.717, 1.165) is 10.8 Å². The van der Waals surface area contributed by atoms with Gasteiger partial charge in [-0.1, -0.05) is 48.2 Å². The fourth-order valence-electron chi connectivity index (χ4n) is 1.86. The Balaban J connectivity index is 2.44. The summed E-state index contributed by atoms with van der Waals surface area (Å²) in [5.74, 6) is 0. The smallest absolute Gasteiger partial charge is 0.399 e. The first-order chi connectivity index (χ1) is 8.30. The van der Waals surface area contributed by atoms with Gasteiger partial charge in [0.05, 0.1) is 11.2 Å². The largest absolute Gasteiger partial charge is 0.501 e. The molecule has 0 aromatic rings. The first-order valence-electron chi connectivity index (χ1n) is 7.01. The van der Waals surface area contributed by atoms with Crippen molar-refractivity contribution in [2.75, 3.05) is 0 Å². The highest BCUT2D eigenvalue weighted by atomic mass is 79.9. The first-order valence-corrected chi connectivity index (χ1v) is 7.80. The van der Waals surface area contributed by atoms with Gasteiger partial charge in [0.15, 0.2) is 0 Å². The van der Waals surface area contributed by atoms with Crippen LogP contribution in [0.2, 0.25) is 0 Å². The van der Waals surface area contributed by atoms with Crippen LogP contribution in [0.25, 0.3) is 0 Å². The van der Waals surface area contributed by atoms with Crippen LogP contribution in [0.1, 0.15) is 66.7 Å². The number of hydrogen-bond acceptors (Lipinski definition) is 2. The van der Waals surface area contributed by atoms with Crippen LogP contribution < -0.4 is 0 Å². The van der Waals surface area contributed by atoms with Crippen LogP contribution in [-0.2, 0) is 9.31 Å². The van der Waals surface area contributed by atoms with Crippen LogP contribution in [0.5, 0.6) is 0 Å². The van der Waals surface area contributed by atoms with E-state index in [1.54, 1.807) is 0 Å². The first kappa shape index (κ1) is 16.3. The molecule has 0 aliphatic carbocycles. The SMILES string of the molecule is CCCCCC/C=C(\Br)B1OC(C)(C)C(C)(C)O1. The number of allylic oxidation sites excluding steroid dienone is 1. The van der Waals surface area contributed by atoms with Gasteiger partial charge in [0.1, 0.15) is 0 Å². The molecule has 0 bridgehead atoms. The van der Waals surface area contributed by atoms with E-state index < -0.39 is 0 Å². The molecular weight excluding hydrogens is 291 g/mol. The minimum Gasteiger partial charge on any atom is -0.399 e. The van der Waals surface area contributed by atoms with Crippen LogP contribution in [0.3, 0.4) is 0 Å². The van der Waals surface area contributed by atoms with Gasteiger partial charge in [-0.3, -0.25) is 0 Å². The third-order valence-electron chi connectivity index (χ3n) is 3.88. The molecule has 1 heterocycles. The summed E-state index contributed by atoms with van der Waals surface area (Å²) in [4.78, 5) is 0. The van der Waals surface area contributed by atoms with Gasteiger partial charge in [0, 0.05) is 4.38 Å². The molecule has 0 atom stereocenters. The van der Waals surface area contributed by atoms with Crippen LogP contribution in [-0.4, -0.2) is 18.3 Å². The van der Waals surface area contributed by atoms with Crippen molar-refractivity contribution in [2.45, 2.75) is 77.9 Å². The van der Waals surface area contributed by atoms with E-state index in [1.807, 2.05) is 0 Å². The van der Waals surface area contributed by atoms with Gasteiger partial charge in [0.25, 0.3) is 0 Å². The van der Waals surface area contributed by atoms with E-state index in [-0.39, 0.29) is 18.3 Å². The summed E-state index contributed by atoms with van der Waals surface area (Å²) < 4.78 is 13.0. The summed E-state index contributed by atoms with van der Waals surface area (Å²) >= 11 is 3.59. The lowest BCUT2D eigenvalue weighted by Crippen LogP contribution is -2.41. The van der Waals surface area contributed by atoms with Crippen molar-refractivity contribution in [1.82, 2.24) is 0 Å². The van der Waals surface area contributed by atoms with E-state index in [2.05, 4.69) is 56.6 Å². The predicted octanol–water partition coefficient (Wildman–Crippen LogP) is 4.87. The van der Waals surface area contributed by atoms with Crippen LogP contribution >= 0.6 is 15.9 Å². The quantitative estimate of drug-likeness (QED) is 0.514. The Labute approximate surface area is 121 Å². The molecule has 0 spiro atoms. The molecule has 0 N–H and O–H groups in total. The van der Waals surface area contributed by atoms with Gasteiger partial charge in [0.2, 0.25) is 0 Å². The Morgan fingerprint density at radius 3 is 2.11 bits per heavy atom. The maximum atomic E-state index is 5.97. The molecule has 4 heteroatoms. The van der Waals surface area contributed by atoms with Crippen molar-refractivity contribution in [3.8, 4) is 0 Å². The Hall–Kier alpha value is 0.205. The zero-order valence-corrected chi connectivity index (χ0v) is 14.0. The third-order valence-corrected chi connectivity index (χ3v) is 4.57. The molecule has 0 radical (unpaired) electrons. The molecule has 104 valence electrons. The molecule has 2 nitrogen and oxygen atoms in total. The zero-order chi connectivity index (χ0) is 13.8. The van der Waals surface area contributed by atoms with Gasteiger partial charge in [-0.25, -0.2) is 0 Å². The number of rotatable bonds is 6. The van der Waals surface area contributed by atoms with Crippen molar-refractivity contribution in [3.63, 3.8) is 0 Å². The molecule has 0 unspecified atom stereocenters. The van der Waals surface area contributed by atoms with E-state index in [1.165, 1.54) is 25.7 Å². The lowest BCUT2D eigenvalue weighted by atomic mass is 9.89. The topological polar surface area (TPSA) is 18.5 Å². The molecule has 18 heavy (non-hydrogen) atoms. The molecule has 1 fully saturated rings. The maximum Gasteiger partial charge on any atom is 0.501 e. The molecule has 1 rings (SSSR count). The molecule has 1 aliphatic heterocycles. The van der Waals surface area contributed by atoms with Gasteiger partial charge >= 0.3 is 7.12 Å². The highest BCUT2D eigenvalue weighted by molar-refractivity contribution is 9.12. The van der Waals surface area contributed by atoms with Crippen LogP contribution in [0.4, 0.5) is 0 Å². The van der Waals surface area contributed by atoms with Crippen molar-refractivity contribution >= 4 is 23.0 Å². The minimum absolute atomic E-state index is 0.249. The summed E-state index contributed by atoms with van der Waals surface area (Å²) in [5.41, 5.74) is -0.514. The molecule has 0 saturated carbocycles. The Bertz CT molecular complexity index is 284. The molecule has 1 aliphatic rings. The second-order valence-electron chi connectivity index (χ2n) is 6.03. The van der Waals surface area contributed by atoms with Gasteiger partial charge < -0.3 is 9.31 Å². The Kier molecular flexibility index (Phi) is 5.94. The average Bonchev–Trinajstić information content (AvgIpc) is 2.48. The molecule has 0 aromatic heterocycles. The van der Waals surface area contributed by atoms with Crippen molar-refractivity contribution in [1.29, 1.82) is 0 Å². The summed E-state index contributed by atoms with van der Waals surface area (Å²) in [6, 6.07) is 0. The van der Waals surface area contributed by atoms with Crippen molar-refractivity contribution in [2.24, 2.45) is 0 Å². The second-order valence-corrected chi connectivity index (χ2v) is 6.94. The van der Waals surface area contributed by atoms with Crippen LogP contribution in [0.15, 0.2) is 10.5 Å². The number of hydrogen-bond donors (Lipinski definition) is 0. The standard InChI is InChI=1S/C14H26BBrO2/c1-6-7-8-9-10-11-12(16)15-17-13(2,3)14(4,5)18-15/h11H,6-10H2,1-5H3/b12-11-. The van der Waals surface area contributed by atoms with Crippen LogP contribution in [0, 0.1) is 0 Å². The van der Waals surface area contributed by atoms with Crippen molar-refractivity contribution < 1.29 is 9.31 Å². The number of unbranched alkanes of at least 4 members (excludes halogenated alkanes) is 4. The highest BCUT2D eigenvalue weighted by Crippen LogP contribution is 2.39. The van der Waals surface area contributed by atoms with E-state index in [0.29, 0.717) is 0 Å². The van der Waals surface area contributed by atoms with Gasteiger partial charge in [-0.15, -0.1) is 0 Å². The van der Waals surface area contributed by atoms with E-state index in [4.69, 9.17) is 9.31 Å². The maximum absolute atomic E-state index is 5.97. The molecule has 0 aromatic carbocycles. The fourth-order valence-corrected chi connectivity index (χ4v) is 2.28. The molecule has 1 saturated heterocycles.